The summed E-state index contributed by atoms with van der Waals surface area (Å²) in [6.07, 6.45) is -1.45. The van der Waals surface area contributed by atoms with Gasteiger partial charge in [0.15, 0.2) is 5.82 Å². The molecule has 6 nitrogen and oxygen atoms in total. The zero-order valence-corrected chi connectivity index (χ0v) is 15.5. The summed E-state index contributed by atoms with van der Waals surface area (Å²) in [6.45, 7) is 2.10. The highest BCUT2D eigenvalue weighted by Gasteiger charge is 2.58. The Hall–Kier alpha value is -2.55. The molecule has 1 amide bonds. The van der Waals surface area contributed by atoms with Crippen molar-refractivity contribution in [3.05, 3.63) is 48.0 Å². The third kappa shape index (κ3) is 4.14. The summed E-state index contributed by atoms with van der Waals surface area (Å²) in [5.74, 6) is -1.53. The minimum Gasteiger partial charge on any atom is -0.374 e. The van der Waals surface area contributed by atoms with Crippen LogP contribution in [0, 0.1) is 0 Å². The summed E-state index contributed by atoms with van der Waals surface area (Å²) in [7, 11) is 1.33. The third-order valence-electron chi connectivity index (χ3n) is 4.97. The Bertz CT molecular complexity index is 813. The molecule has 0 saturated carbocycles. The number of carbonyl (C=O) groups excluding carboxylic acids is 1. The number of benzene rings is 1. The Morgan fingerprint density at radius 3 is 2.39 bits per heavy atom. The van der Waals surface area contributed by atoms with Gasteiger partial charge in [0.2, 0.25) is 11.5 Å². The summed E-state index contributed by atoms with van der Waals surface area (Å²) in [4.78, 5) is 18.0. The van der Waals surface area contributed by atoms with Crippen molar-refractivity contribution < 1.29 is 23.1 Å². The SMILES string of the molecule is Cn1ccnc1C(O)(CC(=O)NCc1ccc(N2CCCC2)cc1)C(F)(F)F. The molecule has 9 heteroatoms. The molecule has 1 atom stereocenters. The van der Waals surface area contributed by atoms with Crippen LogP contribution in [0.4, 0.5) is 18.9 Å². The Balaban J connectivity index is 1.63. The number of aliphatic hydroxyl groups is 1. The van der Waals surface area contributed by atoms with Crippen LogP contribution >= 0.6 is 0 Å². The maximum absolute atomic E-state index is 13.5. The molecule has 1 unspecified atom stereocenters. The van der Waals surface area contributed by atoms with E-state index in [1.165, 1.54) is 13.2 Å². The highest BCUT2D eigenvalue weighted by atomic mass is 19.4. The van der Waals surface area contributed by atoms with Crippen LogP contribution in [-0.4, -0.2) is 39.8 Å². The number of hydrogen-bond donors (Lipinski definition) is 2. The maximum atomic E-state index is 13.5. The molecule has 0 aliphatic carbocycles. The number of imidazole rings is 1. The average Bonchev–Trinajstić information content (AvgIpc) is 3.31. The topological polar surface area (TPSA) is 70.4 Å². The highest BCUT2D eigenvalue weighted by molar-refractivity contribution is 5.77. The van der Waals surface area contributed by atoms with E-state index in [4.69, 9.17) is 0 Å². The van der Waals surface area contributed by atoms with E-state index in [1.807, 2.05) is 24.3 Å². The molecule has 0 radical (unpaired) electrons. The molecule has 2 aromatic rings. The number of aryl methyl sites for hydroxylation is 1. The average molecular weight is 396 g/mol. The number of alkyl halides is 3. The smallest absolute Gasteiger partial charge is 0.374 e. The number of rotatable bonds is 6. The minimum absolute atomic E-state index is 0.0770. The lowest BCUT2D eigenvalue weighted by atomic mass is 9.97. The van der Waals surface area contributed by atoms with Crippen LogP contribution in [0.15, 0.2) is 36.7 Å². The summed E-state index contributed by atoms with van der Waals surface area (Å²) in [5.41, 5.74) is -1.49. The maximum Gasteiger partial charge on any atom is 0.425 e. The molecule has 152 valence electrons. The number of aromatic nitrogens is 2. The first-order valence-electron chi connectivity index (χ1n) is 9.08. The predicted molar refractivity (Wildman–Crippen MR) is 97.5 cm³/mol. The molecule has 1 aliphatic rings. The van der Waals surface area contributed by atoms with Gasteiger partial charge < -0.3 is 19.9 Å². The van der Waals surface area contributed by atoms with Gasteiger partial charge >= 0.3 is 6.18 Å². The van der Waals surface area contributed by atoms with Gasteiger partial charge in [0, 0.05) is 44.8 Å². The number of anilines is 1. The first kappa shape index (κ1) is 20.2. The normalized spacial score (nSPS) is 16.8. The van der Waals surface area contributed by atoms with Crippen LogP contribution in [0.2, 0.25) is 0 Å². The van der Waals surface area contributed by atoms with Crippen LogP contribution in [0.1, 0.15) is 30.7 Å². The molecule has 28 heavy (non-hydrogen) atoms. The standard InChI is InChI=1S/C19H23F3N4O2/c1-25-11-8-23-17(25)18(28,19(20,21)22)12-16(27)24-13-14-4-6-15(7-5-14)26-9-2-3-10-26/h4-8,11,28H,2-3,9-10,12-13H2,1H3,(H,24,27). The molecule has 0 bridgehead atoms. The van der Waals surface area contributed by atoms with E-state index < -0.39 is 29.9 Å². The Kier molecular flexibility index (Phi) is 5.64. The monoisotopic (exact) mass is 396 g/mol. The Labute approximate surface area is 161 Å². The molecule has 3 rings (SSSR count). The van der Waals surface area contributed by atoms with Crippen molar-refractivity contribution in [1.82, 2.24) is 14.9 Å². The molecular weight excluding hydrogens is 373 g/mol. The van der Waals surface area contributed by atoms with Crippen molar-refractivity contribution in [3.8, 4) is 0 Å². The molecule has 1 aromatic heterocycles. The van der Waals surface area contributed by atoms with Gasteiger partial charge in [-0.3, -0.25) is 4.79 Å². The van der Waals surface area contributed by atoms with Gasteiger partial charge in [0.1, 0.15) is 0 Å². The zero-order chi connectivity index (χ0) is 20.4. The molecule has 0 spiro atoms. The van der Waals surface area contributed by atoms with E-state index in [1.54, 1.807) is 0 Å². The number of amides is 1. The first-order valence-corrected chi connectivity index (χ1v) is 9.08. The lowest BCUT2D eigenvalue weighted by Gasteiger charge is -2.29. The molecule has 1 saturated heterocycles. The van der Waals surface area contributed by atoms with Crippen molar-refractivity contribution >= 4 is 11.6 Å². The van der Waals surface area contributed by atoms with E-state index in [2.05, 4.69) is 15.2 Å². The van der Waals surface area contributed by atoms with Crippen molar-refractivity contribution in [2.45, 2.75) is 37.6 Å². The fourth-order valence-corrected chi connectivity index (χ4v) is 3.37. The molecular formula is C19H23F3N4O2. The summed E-state index contributed by atoms with van der Waals surface area (Å²) < 4.78 is 41.5. The van der Waals surface area contributed by atoms with Crippen LogP contribution < -0.4 is 10.2 Å². The van der Waals surface area contributed by atoms with Gasteiger partial charge in [-0.05, 0) is 30.5 Å². The number of halogens is 3. The van der Waals surface area contributed by atoms with Gasteiger partial charge in [-0.2, -0.15) is 13.2 Å². The molecule has 1 fully saturated rings. The second-order valence-corrected chi connectivity index (χ2v) is 7.03. The lowest BCUT2D eigenvalue weighted by Crippen LogP contribution is -2.47. The Morgan fingerprint density at radius 2 is 1.86 bits per heavy atom. The van der Waals surface area contributed by atoms with Gasteiger partial charge in [-0.15, -0.1) is 0 Å². The summed E-state index contributed by atoms with van der Waals surface area (Å²) >= 11 is 0. The third-order valence-corrected chi connectivity index (χ3v) is 4.97. The Morgan fingerprint density at radius 1 is 1.21 bits per heavy atom. The highest BCUT2D eigenvalue weighted by Crippen LogP contribution is 2.40. The largest absolute Gasteiger partial charge is 0.425 e. The van der Waals surface area contributed by atoms with Crippen molar-refractivity contribution in [2.75, 3.05) is 18.0 Å². The van der Waals surface area contributed by atoms with Crippen LogP contribution in [-0.2, 0) is 24.0 Å². The second-order valence-electron chi connectivity index (χ2n) is 7.03. The number of hydrogen-bond acceptors (Lipinski definition) is 4. The molecule has 1 aliphatic heterocycles. The van der Waals surface area contributed by atoms with Crippen molar-refractivity contribution in [1.29, 1.82) is 0 Å². The number of nitrogens with one attached hydrogen (secondary N) is 1. The van der Waals surface area contributed by atoms with Crippen LogP contribution in [0.3, 0.4) is 0 Å². The fourth-order valence-electron chi connectivity index (χ4n) is 3.37. The predicted octanol–water partition coefficient (Wildman–Crippen LogP) is 2.48. The van der Waals surface area contributed by atoms with Gasteiger partial charge in [0.05, 0.1) is 6.42 Å². The second kappa shape index (κ2) is 7.83. The van der Waals surface area contributed by atoms with Gasteiger partial charge in [0.25, 0.3) is 0 Å². The van der Waals surface area contributed by atoms with E-state index in [0.717, 1.165) is 47.9 Å². The minimum atomic E-state index is -5.04. The van der Waals surface area contributed by atoms with Crippen LogP contribution in [0.25, 0.3) is 0 Å². The summed E-state index contributed by atoms with van der Waals surface area (Å²) in [5, 5.41) is 12.7. The number of carbonyl (C=O) groups is 1. The fraction of sp³-hybridized carbons (Fsp3) is 0.474. The molecule has 2 N–H and O–H groups in total. The summed E-state index contributed by atoms with van der Waals surface area (Å²) in [6, 6.07) is 7.55. The van der Waals surface area contributed by atoms with E-state index >= 15 is 0 Å². The number of nitrogens with zero attached hydrogens (tertiary/aromatic N) is 3. The van der Waals surface area contributed by atoms with Crippen molar-refractivity contribution in [3.63, 3.8) is 0 Å². The molecule has 2 heterocycles. The van der Waals surface area contributed by atoms with Gasteiger partial charge in [-0.25, -0.2) is 4.98 Å². The zero-order valence-electron chi connectivity index (χ0n) is 15.5. The van der Waals surface area contributed by atoms with Gasteiger partial charge in [-0.1, -0.05) is 12.1 Å². The van der Waals surface area contributed by atoms with E-state index in [9.17, 15) is 23.1 Å². The van der Waals surface area contributed by atoms with E-state index in [0.29, 0.717) is 0 Å². The van der Waals surface area contributed by atoms with Crippen molar-refractivity contribution in [2.24, 2.45) is 7.05 Å². The van der Waals surface area contributed by atoms with Crippen LogP contribution in [0.5, 0.6) is 0 Å². The first-order chi connectivity index (χ1) is 13.2. The quantitative estimate of drug-likeness (QED) is 0.787. The van der Waals surface area contributed by atoms with E-state index in [-0.39, 0.29) is 6.54 Å². The lowest BCUT2D eigenvalue weighted by molar-refractivity contribution is -0.271. The molecule has 1 aromatic carbocycles.